The minimum absolute atomic E-state index is 0.322. The maximum Gasteiger partial charge on any atom is 0.304 e. The lowest BCUT2D eigenvalue weighted by Gasteiger charge is -1.94. The molecule has 0 unspecified atom stereocenters. The predicted octanol–water partition coefficient (Wildman–Crippen LogP) is 1.70. The van der Waals surface area contributed by atoms with Crippen molar-refractivity contribution < 1.29 is 14.7 Å². The highest BCUT2D eigenvalue weighted by Crippen LogP contribution is 2.29. The summed E-state index contributed by atoms with van der Waals surface area (Å²) in [5.74, 6) is -0.434. The van der Waals surface area contributed by atoms with Gasteiger partial charge >= 0.3 is 5.90 Å². The number of Topliss-reactive ketones (excluding diaryl/α,β-unsaturated/α-hetero) is 1. The number of ether oxygens (including phenoxy) is 1. The Balaban J connectivity index is 2.56. The second kappa shape index (κ2) is 2.74. The van der Waals surface area contributed by atoms with E-state index in [2.05, 4.69) is 5.16 Å². The van der Waals surface area contributed by atoms with Gasteiger partial charge in [-0.25, -0.2) is 0 Å². The SMILES string of the molecule is O=C1C(=NO)Oc2cc(Cl)ccc21. The first-order chi connectivity index (χ1) is 6.22. The van der Waals surface area contributed by atoms with E-state index >= 15 is 0 Å². The molecule has 0 spiro atoms. The van der Waals surface area contributed by atoms with Crippen LogP contribution in [0, 0.1) is 0 Å². The number of hydrogen-bond acceptors (Lipinski definition) is 4. The number of carbonyl (C=O) groups is 1. The van der Waals surface area contributed by atoms with Crippen molar-refractivity contribution >= 4 is 23.3 Å². The first-order valence-electron chi connectivity index (χ1n) is 3.46. The van der Waals surface area contributed by atoms with Gasteiger partial charge in [-0.05, 0) is 17.3 Å². The van der Waals surface area contributed by atoms with E-state index in [0.29, 0.717) is 16.3 Å². The number of oxime groups is 1. The number of hydrogen-bond donors (Lipinski definition) is 1. The number of benzene rings is 1. The summed E-state index contributed by atoms with van der Waals surface area (Å²) in [6, 6.07) is 4.59. The molecule has 0 aliphatic carbocycles. The second-order valence-electron chi connectivity index (χ2n) is 2.48. The van der Waals surface area contributed by atoms with E-state index in [1.165, 1.54) is 12.1 Å². The lowest BCUT2D eigenvalue weighted by molar-refractivity contribution is 0.105. The average molecular weight is 198 g/mol. The first kappa shape index (κ1) is 8.07. The molecule has 1 aromatic rings. The zero-order valence-electron chi connectivity index (χ0n) is 6.32. The van der Waals surface area contributed by atoms with Crippen LogP contribution >= 0.6 is 11.6 Å². The van der Waals surface area contributed by atoms with E-state index in [1.54, 1.807) is 6.07 Å². The van der Waals surface area contributed by atoms with Crippen molar-refractivity contribution in [3.63, 3.8) is 0 Å². The molecule has 0 aromatic heterocycles. The van der Waals surface area contributed by atoms with E-state index < -0.39 is 5.78 Å². The molecule has 0 bridgehead atoms. The summed E-state index contributed by atoms with van der Waals surface area (Å²) in [6.07, 6.45) is 0. The summed E-state index contributed by atoms with van der Waals surface area (Å²) < 4.78 is 4.92. The quantitative estimate of drug-likeness (QED) is 0.509. The number of fused-ring (bicyclic) bond motifs is 1. The third kappa shape index (κ3) is 1.15. The highest BCUT2D eigenvalue weighted by Gasteiger charge is 2.29. The molecule has 1 aliphatic rings. The molecule has 0 amide bonds. The molecule has 0 radical (unpaired) electrons. The van der Waals surface area contributed by atoms with Crippen LogP contribution in [0.15, 0.2) is 23.4 Å². The van der Waals surface area contributed by atoms with Gasteiger partial charge in [0.05, 0.1) is 5.56 Å². The van der Waals surface area contributed by atoms with Crippen LogP contribution in [0.4, 0.5) is 0 Å². The molecule has 1 aromatic carbocycles. The van der Waals surface area contributed by atoms with Gasteiger partial charge < -0.3 is 9.94 Å². The van der Waals surface area contributed by atoms with Crippen LogP contribution in [0.3, 0.4) is 0 Å². The van der Waals surface area contributed by atoms with Crippen LogP contribution in [0.25, 0.3) is 0 Å². The Kier molecular flexibility index (Phi) is 1.70. The van der Waals surface area contributed by atoms with Crippen LogP contribution < -0.4 is 4.74 Å². The molecule has 4 nitrogen and oxygen atoms in total. The molecule has 1 N–H and O–H groups in total. The molecule has 13 heavy (non-hydrogen) atoms. The van der Waals surface area contributed by atoms with Gasteiger partial charge in [0.25, 0.3) is 5.78 Å². The van der Waals surface area contributed by atoms with Crippen molar-refractivity contribution in [3.05, 3.63) is 28.8 Å². The Bertz CT molecular complexity index is 414. The zero-order valence-corrected chi connectivity index (χ0v) is 7.08. The Hall–Kier alpha value is -1.55. The highest BCUT2D eigenvalue weighted by molar-refractivity contribution is 6.46. The second-order valence-corrected chi connectivity index (χ2v) is 2.91. The molecule has 0 saturated heterocycles. The topological polar surface area (TPSA) is 58.9 Å². The molecule has 5 heteroatoms. The number of carbonyl (C=O) groups excluding carboxylic acids is 1. The van der Waals surface area contributed by atoms with Gasteiger partial charge in [-0.1, -0.05) is 11.6 Å². The van der Waals surface area contributed by atoms with E-state index in [-0.39, 0.29) is 5.90 Å². The fourth-order valence-corrected chi connectivity index (χ4v) is 1.26. The summed E-state index contributed by atoms with van der Waals surface area (Å²) in [7, 11) is 0. The fourth-order valence-electron chi connectivity index (χ4n) is 1.10. The van der Waals surface area contributed by atoms with Crippen molar-refractivity contribution in [2.45, 2.75) is 0 Å². The zero-order chi connectivity index (χ0) is 9.42. The smallest absolute Gasteiger partial charge is 0.304 e. The molecule has 0 fully saturated rings. The molecule has 0 saturated carbocycles. The van der Waals surface area contributed by atoms with Gasteiger partial charge in [-0.3, -0.25) is 4.79 Å². The van der Waals surface area contributed by atoms with E-state index in [9.17, 15) is 4.79 Å². The molecule has 1 heterocycles. The van der Waals surface area contributed by atoms with Crippen molar-refractivity contribution in [2.75, 3.05) is 0 Å². The first-order valence-corrected chi connectivity index (χ1v) is 3.84. The van der Waals surface area contributed by atoms with E-state index in [4.69, 9.17) is 21.5 Å². The normalized spacial score (nSPS) is 17.3. The number of ketones is 1. The van der Waals surface area contributed by atoms with Gasteiger partial charge in [0, 0.05) is 11.1 Å². The third-order valence-corrected chi connectivity index (χ3v) is 1.92. The minimum Gasteiger partial charge on any atom is -0.433 e. The number of rotatable bonds is 0. The standard InChI is InChI=1S/C8H4ClNO3/c9-4-1-2-5-6(3-4)13-8(10-12)7(5)11/h1-3,12H. The monoisotopic (exact) mass is 197 g/mol. The molecule has 2 rings (SSSR count). The van der Waals surface area contributed by atoms with Crippen molar-refractivity contribution in [3.8, 4) is 5.75 Å². The summed E-state index contributed by atoms with van der Waals surface area (Å²) in [5.41, 5.74) is 0.359. The van der Waals surface area contributed by atoms with E-state index in [0.717, 1.165) is 0 Å². The van der Waals surface area contributed by atoms with Gasteiger partial charge in [0.15, 0.2) is 0 Å². The lowest BCUT2D eigenvalue weighted by Crippen LogP contribution is -2.11. The van der Waals surface area contributed by atoms with Crippen molar-refractivity contribution in [1.82, 2.24) is 0 Å². The summed E-state index contributed by atoms with van der Waals surface area (Å²) in [6.45, 7) is 0. The fraction of sp³-hybridized carbons (Fsp3) is 0. The maximum atomic E-state index is 11.3. The van der Waals surface area contributed by atoms with Crippen LogP contribution in [0.2, 0.25) is 5.02 Å². The van der Waals surface area contributed by atoms with Crippen LogP contribution in [0.5, 0.6) is 5.75 Å². The average Bonchev–Trinajstić information content (AvgIpc) is 2.42. The minimum atomic E-state index is -0.436. The number of nitrogens with zero attached hydrogens (tertiary/aromatic N) is 1. The summed E-state index contributed by atoms with van der Waals surface area (Å²) >= 11 is 5.67. The Morgan fingerprint density at radius 3 is 2.92 bits per heavy atom. The molecule has 0 atom stereocenters. The van der Waals surface area contributed by atoms with Crippen LogP contribution in [-0.4, -0.2) is 16.9 Å². The number of halogens is 1. The van der Waals surface area contributed by atoms with Crippen LogP contribution in [0.1, 0.15) is 10.4 Å². The van der Waals surface area contributed by atoms with E-state index in [1.807, 2.05) is 0 Å². The Labute approximate surface area is 78.4 Å². The molecule has 66 valence electrons. The Morgan fingerprint density at radius 1 is 1.46 bits per heavy atom. The summed E-state index contributed by atoms with van der Waals surface area (Å²) in [4.78, 5) is 11.3. The highest BCUT2D eigenvalue weighted by atomic mass is 35.5. The Morgan fingerprint density at radius 2 is 2.23 bits per heavy atom. The van der Waals surface area contributed by atoms with Crippen LogP contribution in [-0.2, 0) is 0 Å². The predicted molar refractivity (Wildman–Crippen MR) is 45.6 cm³/mol. The van der Waals surface area contributed by atoms with Crippen molar-refractivity contribution in [1.29, 1.82) is 0 Å². The summed E-state index contributed by atoms with van der Waals surface area (Å²) in [5, 5.41) is 11.6. The molecular weight excluding hydrogens is 194 g/mol. The molecular formula is C8H4ClNO3. The van der Waals surface area contributed by atoms with Gasteiger partial charge in [0.1, 0.15) is 5.75 Å². The largest absolute Gasteiger partial charge is 0.433 e. The maximum absolute atomic E-state index is 11.3. The third-order valence-electron chi connectivity index (χ3n) is 1.68. The molecule has 1 aliphatic heterocycles. The van der Waals surface area contributed by atoms with Gasteiger partial charge in [-0.15, -0.1) is 0 Å². The van der Waals surface area contributed by atoms with Crippen molar-refractivity contribution in [2.24, 2.45) is 5.16 Å². The van der Waals surface area contributed by atoms with Gasteiger partial charge in [0.2, 0.25) is 0 Å². The lowest BCUT2D eigenvalue weighted by atomic mass is 10.1. The van der Waals surface area contributed by atoms with Gasteiger partial charge in [-0.2, -0.15) is 0 Å².